The van der Waals surface area contributed by atoms with Gasteiger partial charge >= 0.3 is 0 Å². The van der Waals surface area contributed by atoms with Crippen molar-refractivity contribution in [2.45, 2.75) is 25.9 Å². The fourth-order valence-corrected chi connectivity index (χ4v) is 2.64. The summed E-state index contributed by atoms with van der Waals surface area (Å²) in [6.07, 6.45) is 0.953. The number of amides is 1. The van der Waals surface area contributed by atoms with E-state index in [0.717, 1.165) is 35.8 Å². The highest BCUT2D eigenvalue weighted by Gasteiger charge is 2.24. The molecule has 4 nitrogen and oxygen atoms in total. The smallest absolute Gasteiger partial charge is 0.217 e. The minimum atomic E-state index is 0.0198. The van der Waals surface area contributed by atoms with E-state index in [1.54, 1.807) is 6.92 Å². The minimum Gasteiger partial charge on any atom is -0.368 e. The van der Waals surface area contributed by atoms with Crippen LogP contribution in [0.4, 0.5) is 5.69 Å². The third-order valence-electron chi connectivity index (χ3n) is 3.18. The van der Waals surface area contributed by atoms with Gasteiger partial charge in [-0.25, -0.2) is 0 Å². The maximum atomic E-state index is 11.0. The van der Waals surface area contributed by atoms with Crippen molar-refractivity contribution in [3.63, 3.8) is 0 Å². The number of hydrogen-bond acceptors (Lipinski definition) is 3. The Kier molecular flexibility index (Phi) is 4.09. The van der Waals surface area contributed by atoms with Crippen LogP contribution < -0.4 is 16.0 Å². The highest BCUT2D eigenvalue weighted by atomic mass is 35.5. The van der Waals surface area contributed by atoms with Crippen LogP contribution >= 0.6 is 11.6 Å². The predicted octanol–water partition coefficient (Wildman–Crippen LogP) is 1.51. The monoisotopic (exact) mass is 267 g/mol. The summed E-state index contributed by atoms with van der Waals surface area (Å²) in [5, 5.41) is 3.66. The van der Waals surface area contributed by atoms with Gasteiger partial charge in [-0.1, -0.05) is 17.7 Å². The van der Waals surface area contributed by atoms with Crippen LogP contribution in [0.15, 0.2) is 18.2 Å². The Bertz CT molecular complexity index is 450. The Morgan fingerprint density at radius 2 is 2.39 bits per heavy atom. The van der Waals surface area contributed by atoms with Crippen molar-refractivity contribution in [1.82, 2.24) is 5.32 Å². The van der Waals surface area contributed by atoms with E-state index in [9.17, 15) is 4.79 Å². The van der Waals surface area contributed by atoms with Crippen molar-refractivity contribution in [3.8, 4) is 0 Å². The molecule has 3 N–H and O–H groups in total. The summed E-state index contributed by atoms with van der Waals surface area (Å²) in [5.41, 5.74) is 7.62. The molecular formula is C13H18ClN3O. The van der Waals surface area contributed by atoms with Crippen LogP contribution in [0.25, 0.3) is 0 Å². The Morgan fingerprint density at radius 3 is 3.00 bits per heavy atom. The van der Waals surface area contributed by atoms with Crippen molar-refractivity contribution >= 4 is 23.2 Å². The van der Waals surface area contributed by atoms with Gasteiger partial charge in [0.2, 0.25) is 5.91 Å². The highest BCUT2D eigenvalue weighted by Crippen LogP contribution is 2.29. The summed E-state index contributed by atoms with van der Waals surface area (Å²) in [6.45, 7) is 3.76. The first-order valence-corrected chi connectivity index (χ1v) is 6.48. The van der Waals surface area contributed by atoms with Crippen LogP contribution in [0.2, 0.25) is 5.02 Å². The van der Waals surface area contributed by atoms with Gasteiger partial charge in [0.15, 0.2) is 0 Å². The third kappa shape index (κ3) is 2.94. The molecule has 5 heteroatoms. The topological polar surface area (TPSA) is 58.4 Å². The van der Waals surface area contributed by atoms with E-state index in [1.165, 1.54) is 0 Å². The number of nitrogens with two attached hydrogens (primary N) is 1. The maximum absolute atomic E-state index is 11.0. The molecule has 1 amide bonds. The van der Waals surface area contributed by atoms with Crippen molar-refractivity contribution in [2.24, 2.45) is 5.73 Å². The summed E-state index contributed by atoms with van der Waals surface area (Å²) in [5.74, 6) is 0.0198. The summed E-state index contributed by atoms with van der Waals surface area (Å²) in [4.78, 5) is 13.2. The lowest BCUT2D eigenvalue weighted by Crippen LogP contribution is -2.35. The van der Waals surface area contributed by atoms with Gasteiger partial charge in [-0.3, -0.25) is 4.79 Å². The van der Waals surface area contributed by atoms with Crippen molar-refractivity contribution in [3.05, 3.63) is 28.8 Å². The quantitative estimate of drug-likeness (QED) is 0.873. The largest absolute Gasteiger partial charge is 0.368 e. The Labute approximate surface area is 112 Å². The fraction of sp³-hybridized carbons (Fsp3) is 0.462. The van der Waals surface area contributed by atoms with Crippen LogP contribution in [0.5, 0.6) is 0 Å². The molecule has 2 rings (SSSR count). The van der Waals surface area contributed by atoms with E-state index in [4.69, 9.17) is 17.3 Å². The molecule has 18 heavy (non-hydrogen) atoms. The normalized spacial score (nSPS) is 19.1. The summed E-state index contributed by atoms with van der Waals surface area (Å²) >= 11 is 6.26. The van der Waals surface area contributed by atoms with Gasteiger partial charge in [0.05, 0.1) is 10.7 Å². The lowest BCUT2D eigenvalue weighted by Gasteiger charge is -2.20. The first kappa shape index (κ1) is 13.2. The number of hydrogen-bond donors (Lipinski definition) is 2. The number of nitrogens with one attached hydrogen (secondary N) is 1. The molecule has 0 radical (unpaired) electrons. The second-order valence-corrected chi connectivity index (χ2v) is 5.03. The molecule has 1 fully saturated rings. The number of nitrogens with zero attached hydrogens (tertiary/aromatic N) is 1. The van der Waals surface area contributed by atoms with Gasteiger partial charge in [-0.05, 0) is 24.1 Å². The van der Waals surface area contributed by atoms with Crippen molar-refractivity contribution in [1.29, 1.82) is 0 Å². The van der Waals surface area contributed by atoms with Crippen LogP contribution in [-0.2, 0) is 11.3 Å². The molecular weight excluding hydrogens is 250 g/mol. The molecule has 1 unspecified atom stereocenters. The molecule has 0 saturated carbocycles. The Hall–Kier alpha value is -1.26. The van der Waals surface area contributed by atoms with Crippen LogP contribution in [0, 0.1) is 0 Å². The molecule has 1 aromatic carbocycles. The number of halogens is 1. The average molecular weight is 268 g/mol. The van der Waals surface area contributed by atoms with E-state index in [-0.39, 0.29) is 11.9 Å². The number of benzene rings is 1. The van der Waals surface area contributed by atoms with E-state index in [1.807, 2.05) is 18.2 Å². The number of rotatable bonds is 3. The van der Waals surface area contributed by atoms with Gasteiger partial charge in [0.1, 0.15) is 0 Å². The van der Waals surface area contributed by atoms with Gasteiger partial charge in [-0.15, -0.1) is 0 Å². The predicted molar refractivity (Wildman–Crippen MR) is 73.8 cm³/mol. The first-order chi connectivity index (χ1) is 8.60. The molecule has 98 valence electrons. The number of carbonyl (C=O) groups excluding carboxylic acids is 1. The maximum Gasteiger partial charge on any atom is 0.217 e. The zero-order chi connectivity index (χ0) is 13.1. The summed E-state index contributed by atoms with van der Waals surface area (Å²) < 4.78 is 0. The lowest BCUT2D eigenvalue weighted by molar-refractivity contribution is -0.119. The first-order valence-electron chi connectivity index (χ1n) is 6.10. The number of carbonyl (C=O) groups is 1. The van der Waals surface area contributed by atoms with E-state index in [0.29, 0.717) is 6.54 Å². The average Bonchev–Trinajstić information content (AvgIpc) is 2.76. The van der Waals surface area contributed by atoms with Crippen LogP contribution in [0.1, 0.15) is 18.9 Å². The van der Waals surface area contributed by atoms with Crippen LogP contribution in [-0.4, -0.2) is 25.0 Å². The van der Waals surface area contributed by atoms with Crippen LogP contribution in [0.3, 0.4) is 0 Å². The lowest BCUT2D eigenvalue weighted by atomic mass is 10.2. The van der Waals surface area contributed by atoms with E-state index < -0.39 is 0 Å². The van der Waals surface area contributed by atoms with Gasteiger partial charge in [-0.2, -0.15) is 0 Å². The molecule has 0 spiro atoms. The molecule has 1 heterocycles. The molecule has 0 aromatic heterocycles. The van der Waals surface area contributed by atoms with E-state index in [2.05, 4.69) is 10.2 Å². The van der Waals surface area contributed by atoms with Gasteiger partial charge < -0.3 is 16.0 Å². The molecule has 1 saturated heterocycles. The second kappa shape index (κ2) is 5.59. The fourth-order valence-electron chi connectivity index (χ4n) is 2.32. The molecule has 1 atom stereocenters. The summed E-state index contributed by atoms with van der Waals surface area (Å²) in [6, 6.07) is 6.11. The van der Waals surface area contributed by atoms with Crippen molar-refractivity contribution < 1.29 is 4.79 Å². The van der Waals surface area contributed by atoms with Gasteiger partial charge in [0.25, 0.3) is 0 Å². The minimum absolute atomic E-state index is 0.0198. The molecule has 0 bridgehead atoms. The van der Waals surface area contributed by atoms with E-state index >= 15 is 0 Å². The standard InChI is InChI=1S/C13H18ClN3O/c1-9(18)16-11-4-5-17(8-11)13-3-2-10(7-15)6-12(13)14/h2-3,6,11H,4-5,7-8,15H2,1H3,(H,16,18). The third-order valence-corrected chi connectivity index (χ3v) is 3.49. The Balaban J connectivity index is 2.07. The molecule has 1 aromatic rings. The SMILES string of the molecule is CC(=O)NC1CCN(c2ccc(CN)cc2Cl)C1. The molecule has 1 aliphatic rings. The number of anilines is 1. The van der Waals surface area contributed by atoms with Crippen molar-refractivity contribution in [2.75, 3.05) is 18.0 Å². The molecule has 1 aliphatic heterocycles. The highest BCUT2D eigenvalue weighted by molar-refractivity contribution is 6.33. The zero-order valence-corrected chi connectivity index (χ0v) is 11.2. The summed E-state index contributed by atoms with van der Waals surface area (Å²) in [7, 11) is 0. The zero-order valence-electron chi connectivity index (χ0n) is 10.4. The van der Waals surface area contributed by atoms with Gasteiger partial charge in [0, 0.05) is 32.6 Å². The second-order valence-electron chi connectivity index (χ2n) is 4.62. The molecule has 0 aliphatic carbocycles. The Morgan fingerprint density at radius 1 is 1.61 bits per heavy atom.